The number of urea groups is 1. The summed E-state index contributed by atoms with van der Waals surface area (Å²) in [5, 5.41) is 34.4. The number of nitrogens with zero attached hydrogens (tertiary/aromatic N) is 2. The average molecular weight is 328 g/mol. The largest absolute Gasteiger partial charge is 0.388 e. The van der Waals surface area contributed by atoms with Crippen LogP contribution in [-0.4, -0.2) is 83.1 Å². The lowest BCUT2D eigenvalue weighted by atomic mass is 9.99. The standard InChI is InChI=1S/C10H18ClN3O7/c1-20-9-8(17)7(16)6(15)5(21-9)4-12-10(18)14(13-19)3-2-11/h5-9,15-17H,2-4H2,1H3,(H,12,18)/t5-,6+,7+,8-,9-/m0/s1. The molecule has 1 fully saturated rings. The summed E-state index contributed by atoms with van der Waals surface area (Å²) in [4.78, 5) is 22.0. The van der Waals surface area contributed by atoms with E-state index in [2.05, 4.69) is 10.6 Å². The summed E-state index contributed by atoms with van der Waals surface area (Å²) in [5.41, 5.74) is 0. The van der Waals surface area contributed by atoms with E-state index in [1.165, 1.54) is 7.11 Å². The van der Waals surface area contributed by atoms with Crippen LogP contribution in [0.1, 0.15) is 0 Å². The minimum absolute atomic E-state index is 0.0262. The highest BCUT2D eigenvalue weighted by molar-refractivity contribution is 6.18. The van der Waals surface area contributed by atoms with Gasteiger partial charge in [-0.2, -0.15) is 5.01 Å². The zero-order valence-corrected chi connectivity index (χ0v) is 12.0. The third-order valence-corrected chi connectivity index (χ3v) is 3.15. The van der Waals surface area contributed by atoms with Gasteiger partial charge >= 0.3 is 6.03 Å². The zero-order chi connectivity index (χ0) is 16.0. The minimum Gasteiger partial charge on any atom is -0.388 e. The number of rotatable bonds is 6. The Morgan fingerprint density at radius 1 is 1.38 bits per heavy atom. The molecule has 5 atom stereocenters. The van der Waals surface area contributed by atoms with E-state index in [9.17, 15) is 25.0 Å². The van der Waals surface area contributed by atoms with E-state index in [1.54, 1.807) is 0 Å². The number of nitrogens with one attached hydrogen (secondary N) is 1. The van der Waals surface area contributed by atoms with Crippen LogP contribution in [-0.2, 0) is 9.47 Å². The predicted octanol–water partition coefficient (Wildman–Crippen LogP) is -1.63. The van der Waals surface area contributed by atoms with Crippen molar-refractivity contribution >= 4 is 17.6 Å². The monoisotopic (exact) mass is 327 g/mol. The van der Waals surface area contributed by atoms with Crippen LogP contribution >= 0.6 is 11.6 Å². The third kappa shape index (κ3) is 4.46. The normalized spacial score (nSPS) is 32.5. The summed E-state index contributed by atoms with van der Waals surface area (Å²) in [6.07, 6.45) is -6.51. The molecule has 0 aromatic rings. The van der Waals surface area contributed by atoms with Gasteiger partial charge in [0.05, 0.1) is 11.8 Å². The van der Waals surface area contributed by atoms with Crippen LogP contribution < -0.4 is 5.32 Å². The van der Waals surface area contributed by atoms with E-state index in [-0.39, 0.29) is 19.0 Å². The van der Waals surface area contributed by atoms with Crippen molar-refractivity contribution in [3.63, 3.8) is 0 Å². The molecule has 1 aliphatic rings. The van der Waals surface area contributed by atoms with Gasteiger partial charge in [-0.05, 0) is 0 Å². The lowest BCUT2D eigenvalue weighted by Crippen LogP contribution is -2.60. The average Bonchev–Trinajstić information content (AvgIpc) is 2.49. The van der Waals surface area contributed by atoms with Crippen molar-refractivity contribution in [2.24, 2.45) is 5.29 Å². The Kier molecular flexibility index (Phi) is 7.22. The fourth-order valence-electron chi connectivity index (χ4n) is 1.82. The molecule has 4 N–H and O–H groups in total. The molecule has 21 heavy (non-hydrogen) atoms. The minimum atomic E-state index is -1.49. The SMILES string of the molecule is CO[C@H]1O[C@@H](CNC(=O)N(CCCl)N=O)[C@@H](O)[C@@H](O)[C@@H]1O. The number of ether oxygens (including phenoxy) is 2. The van der Waals surface area contributed by atoms with E-state index in [0.717, 1.165) is 0 Å². The molecule has 1 rings (SSSR count). The zero-order valence-electron chi connectivity index (χ0n) is 11.3. The highest BCUT2D eigenvalue weighted by atomic mass is 35.5. The van der Waals surface area contributed by atoms with Crippen molar-refractivity contribution in [3.8, 4) is 0 Å². The first kappa shape index (κ1) is 18.0. The van der Waals surface area contributed by atoms with Gasteiger partial charge < -0.3 is 30.1 Å². The number of halogens is 1. The predicted molar refractivity (Wildman–Crippen MR) is 70.3 cm³/mol. The summed E-state index contributed by atoms with van der Waals surface area (Å²) < 4.78 is 10.0. The molecule has 2 amide bonds. The molecule has 0 spiro atoms. The van der Waals surface area contributed by atoms with E-state index < -0.39 is 36.7 Å². The highest BCUT2D eigenvalue weighted by Gasteiger charge is 2.43. The van der Waals surface area contributed by atoms with Crippen molar-refractivity contribution in [1.29, 1.82) is 0 Å². The van der Waals surface area contributed by atoms with Gasteiger partial charge in [-0.3, -0.25) is 0 Å². The summed E-state index contributed by atoms with van der Waals surface area (Å²) in [5.74, 6) is 0.0262. The maximum atomic E-state index is 11.6. The van der Waals surface area contributed by atoms with Gasteiger partial charge in [-0.25, -0.2) is 4.79 Å². The number of carbonyl (C=O) groups excluding carboxylic acids is 1. The van der Waals surface area contributed by atoms with Crippen molar-refractivity contribution < 1.29 is 29.6 Å². The molecule has 1 aliphatic heterocycles. The first-order valence-corrected chi connectivity index (χ1v) is 6.66. The Balaban J connectivity index is 2.57. The molecule has 11 heteroatoms. The van der Waals surface area contributed by atoms with Crippen molar-refractivity contribution in [2.45, 2.75) is 30.7 Å². The fraction of sp³-hybridized carbons (Fsp3) is 0.900. The lowest BCUT2D eigenvalue weighted by Gasteiger charge is -2.39. The van der Waals surface area contributed by atoms with Crippen molar-refractivity contribution in [3.05, 3.63) is 4.91 Å². The molecule has 10 nitrogen and oxygen atoms in total. The van der Waals surface area contributed by atoms with Crippen LogP contribution in [0.3, 0.4) is 0 Å². The maximum Gasteiger partial charge on any atom is 0.340 e. The molecular formula is C10H18ClN3O7. The van der Waals surface area contributed by atoms with E-state index in [4.69, 9.17) is 21.1 Å². The number of aliphatic hydroxyl groups is 3. The Labute approximate surface area is 125 Å². The van der Waals surface area contributed by atoms with Crippen LogP contribution in [0.2, 0.25) is 0 Å². The van der Waals surface area contributed by atoms with Gasteiger partial charge in [0.2, 0.25) is 0 Å². The first-order valence-electron chi connectivity index (χ1n) is 6.13. The number of amides is 2. The van der Waals surface area contributed by atoms with Crippen molar-refractivity contribution in [1.82, 2.24) is 10.3 Å². The fourth-order valence-corrected chi connectivity index (χ4v) is 1.98. The molecule has 122 valence electrons. The third-order valence-electron chi connectivity index (χ3n) is 2.98. The molecule has 0 bridgehead atoms. The molecule has 0 aromatic carbocycles. The van der Waals surface area contributed by atoms with Crippen LogP contribution in [0.15, 0.2) is 5.29 Å². The van der Waals surface area contributed by atoms with Crippen LogP contribution in [0.5, 0.6) is 0 Å². The Hall–Kier alpha value is -1.04. The molecule has 0 aliphatic carbocycles. The second-order valence-corrected chi connectivity index (χ2v) is 4.71. The number of carbonyl (C=O) groups is 1. The van der Waals surface area contributed by atoms with E-state index in [0.29, 0.717) is 5.01 Å². The molecule has 0 unspecified atom stereocenters. The van der Waals surface area contributed by atoms with Gasteiger partial charge in [0.25, 0.3) is 0 Å². The summed E-state index contributed by atoms with van der Waals surface area (Å²) in [6.45, 7) is -0.301. The van der Waals surface area contributed by atoms with Crippen LogP contribution in [0.4, 0.5) is 4.79 Å². The lowest BCUT2D eigenvalue weighted by molar-refractivity contribution is -0.288. The number of hydrogen-bond acceptors (Lipinski definition) is 8. The molecule has 0 radical (unpaired) electrons. The summed E-state index contributed by atoms with van der Waals surface area (Å²) >= 11 is 5.40. The second kappa shape index (κ2) is 8.41. The summed E-state index contributed by atoms with van der Waals surface area (Å²) in [6, 6.07) is -0.823. The van der Waals surface area contributed by atoms with Crippen LogP contribution in [0.25, 0.3) is 0 Å². The van der Waals surface area contributed by atoms with Crippen molar-refractivity contribution in [2.75, 3.05) is 26.1 Å². The second-order valence-electron chi connectivity index (χ2n) is 4.33. The number of methoxy groups -OCH3 is 1. The molecule has 0 saturated carbocycles. The number of aliphatic hydroxyl groups excluding tert-OH is 3. The molecule has 1 heterocycles. The van der Waals surface area contributed by atoms with Gasteiger partial charge in [0.15, 0.2) is 6.29 Å². The smallest absolute Gasteiger partial charge is 0.340 e. The molecular weight excluding hydrogens is 310 g/mol. The topological polar surface area (TPSA) is 141 Å². The van der Waals surface area contributed by atoms with Gasteiger partial charge in [0.1, 0.15) is 24.4 Å². The number of alkyl halides is 1. The van der Waals surface area contributed by atoms with Gasteiger partial charge in [-0.1, -0.05) is 0 Å². The quantitative estimate of drug-likeness (QED) is 0.261. The Bertz CT molecular complexity index is 360. The van der Waals surface area contributed by atoms with Crippen LogP contribution in [0, 0.1) is 4.91 Å². The Morgan fingerprint density at radius 2 is 2.05 bits per heavy atom. The summed E-state index contributed by atoms with van der Waals surface area (Å²) in [7, 11) is 1.26. The Morgan fingerprint density at radius 3 is 2.57 bits per heavy atom. The maximum absolute atomic E-state index is 11.6. The first-order chi connectivity index (χ1) is 9.96. The van der Waals surface area contributed by atoms with Gasteiger partial charge in [0, 0.05) is 19.5 Å². The van der Waals surface area contributed by atoms with E-state index >= 15 is 0 Å². The van der Waals surface area contributed by atoms with Gasteiger partial charge in [-0.15, -0.1) is 16.5 Å². The van der Waals surface area contributed by atoms with E-state index in [1.807, 2.05) is 0 Å². The highest BCUT2D eigenvalue weighted by Crippen LogP contribution is 2.21. The molecule has 0 aromatic heterocycles. The number of hydrogen-bond donors (Lipinski definition) is 4. The molecule has 1 saturated heterocycles. The number of nitroso groups, excluding NO2 is 1.